The molecule has 2 aromatic rings. The van der Waals surface area contributed by atoms with Crippen LogP contribution in [0.4, 0.5) is 0 Å². The normalized spacial score (nSPS) is 15.3. The average Bonchev–Trinajstić information content (AvgIpc) is 2.96. The van der Waals surface area contributed by atoms with Gasteiger partial charge in [0.15, 0.2) is 0 Å². The van der Waals surface area contributed by atoms with Crippen molar-refractivity contribution in [2.75, 3.05) is 32.9 Å². The van der Waals surface area contributed by atoms with Gasteiger partial charge in [0.05, 0.1) is 37.4 Å². The minimum Gasteiger partial charge on any atom is -0.508 e. The number of hydrogen-bond acceptors (Lipinski definition) is 8. The number of aliphatic hydroxyl groups is 2. The molecule has 0 radical (unpaired) electrons. The number of aliphatic hydroxyl groups excluding tert-OH is 2. The number of nitrogens with one attached hydrogen (secondary N) is 2. The van der Waals surface area contributed by atoms with Gasteiger partial charge in [-0.05, 0) is 67.6 Å². The molecule has 2 aromatic carbocycles. The monoisotopic (exact) mass is 578 g/mol. The summed E-state index contributed by atoms with van der Waals surface area (Å²) in [4.78, 5) is 0.288. The summed E-state index contributed by atoms with van der Waals surface area (Å²) >= 11 is 0. The number of unbranched alkanes of at least 4 members (excludes halogenated alkanes) is 3. The molecule has 0 spiro atoms. The highest BCUT2D eigenvalue weighted by Crippen LogP contribution is 2.23. The molecule has 40 heavy (non-hydrogen) atoms. The fourth-order valence-corrected chi connectivity index (χ4v) is 6.20. The molecule has 10 heteroatoms. The first-order valence-corrected chi connectivity index (χ1v) is 16.0. The van der Waals surface area contributed by atoms with Crippen LogP contribution in [-0.4, -0.2) is 62.7 Å². The first-order valence-electron chi connectivity index (χ1n) is 14.5. The summed E-state index contributed by atoms with van der Waals surface area (Å²) in [5.41, 5.74) is 1.90. The molecule has 3 rings (SSSR count). The van der Waals surface area contributed by atoms with E-state index < -0.39 is 16.1 Å². The summed E-state index contributed by atoms with van der Waals surface area (Å²) in [7, 11) is -3.52. The van der Waals surface area contributed by atoms with E-state index in [2.05, 4.69) is 10.0 Å². The second-order valence-electron chi connectivity index (χ2n) is 10.4. The van der Waals surface area contributed by atoms with Crippen molar-refractivity contribution in [2.45, 2.75) is 88.0 Å². The molecule has 1 fully saturated rings. The lowest BCUT2D eigenvalue weighted by atomic mass is 9.96. The maximum Gasteiger partial charge on any atom is 0.240 e. The highest BCUT2D eigenvalue weighted by molar-refractivity contribution is 7.89. The minimum absolute atomic E-state index is 0.0288. The molecular formula is C30H46N2O7S. The Bertz CT molecular complexity index is 1110. The van der Waals surface area contributed by atoms with Crippen molar-refractivity contribution in [3.8, 4) is 5.75 Å². The summed E-state index contributed by atoms with van der Waals surface area (Å²) in [5.74, 6) is 0.0288. The predicted octanol–water partition coefficient (Wildman–Crippen LogP) is 3.91. The standard InChI is InChI=1S/C30H46N2O7S/c33-22-26-20-25(13-14-29(26)34)30(35)21-31-15-6-1-2-7-16-38-17-18-39-23-24-9-8-12-28(19-24)40(36,37)32-27-10-4-3-5-11-27/h8-9,12-14,19-20,27,30-35H,1-7,10-11,15-18,21-23H2/t30-/m1/s1. The van der Waals surface area contributed by atoms with E-state index in [0.29, 0.717) is 44.1 Å². The summed E-state index contributed by atoms with van der Waals surface area (Å²) in [6.07, 6.45) is 8.52. The largest absolute Gasteiger partial charge is 0.508 e. The summed E-state index contributed by atoms with van der Waals surface area (Å²) in [5, 5.41) is 32.4. The SMILES string of the molecule is O=S(=O)(NC1CCCCC1)c1cccc(COCCOCCCCCCNC[C@@H](O)c2ccc(O)c(CO)c2)c1. The number of phenols is 1. The number of rotatable bonds is 19. The van der Waals surface area contributed by atoms with Gasteiger partial charge in [-0.2, -0.15) is 0 Å². The fourth-order valence-electron chi connectivity index (χ4n) is 4.82. The van der Waals surface area contributed by atoms with Gasteiger partial charge in [0.1, 0.15) is 5.75 Å². The van der Waals surface area contributed by atoms with E-state index in [1.807, 2.05) is 6.07 Å². The van der Waals surface area contributed by atoms with Gasteiger partial charge in [-0.25, -0.2) is 13.1 Å². The molecule has 0 heterocycles. The van der Waals surface area contributed by atoms with Crippen LogP contribution < -0.4 is 10.0 Å². The molecular weight excluding hydrogens is 532 g/mol. The smallest absolute Gasteiger partial charge is 0.240 e. The van der Waals surface area contributed by atoms with Gasteiger partial charge in [0.2, 0.25) is 10.0 Å². The number of hydrogen-bond donors (Lipinski definition) is 5. The maximum absolute atomic E-state index is 12.7. The Morgan fingerprint density at radius 1 is 0.925 bits per heavy atom. The quantitative estimate of drug-likeness (QED) is 0.158. The number of benzene rings is 2. The number of sulfonamides is 1. The van der Waals surface area contributed by atoms with Gasteiger partial charge in [-0.1, -0.05) is 50.3 Å². The van der Waals surface area contributed by atoms with Crippen LogP contribution in [0.2, 0.25) is 0 Å². The van der Waals surface area contributed by atoms with Gasteiger partial charge in [0, 0.05) is 24.8 Å². The van der Waals surface area contributed by atoms with Gasteiger partial charge >= 0.3 is 0 Å². The Morgan fingerprint density at radius 3 is 2.50 bits per heavy atom. The molecule has 0 aliphatic heterocycles. The van der Waals surface area contributed by atoms with Crippen molar-refractivity contribution in [3.05, 3.63) is 59.2 Å². The first kappa shape index (κ1) is 32.5. The van der Waals surface area contributed by atoms with E-state index in [9.17, 15) is 23.7 Å². The van der Waals surface area contributed by atoms with Crippen LogP contribution in [0.25, 0.3) is 0 Å². The van der Waals surface area contributed by atoms with Gasteiger partial charge < -0.3 is 30.1 Å². The van der Waals surface area contributed by atoms with Crippen molar-refractivity contribution in [3.63, 3.8) is 0 Å². The molecule has 5 N–H and O–H groups in total. The van der Waals surface area contributed by atoms with Crippen molar-refractivity contribution in [2.24, 2.45) is 0 Å². The lowest BCUT2D eigenvalue weighted by molar-refractivity contribution is 0.0392. The van der Waals surface area contributed by atoms with Crippen LogP contribution in [0.15, 0.2) is 47.4 Å². The van der Waals surface area contributed by atoms with Crippen molar-refractivity contribution in [1.82, 2.24) is 10.0 Å². The van der Waals surface area contributed by atoms with Crippen LogP contribution in [-0.2, 0) is 32.7 Å². The Labute approximate surface area is 239 Å². The van der Waals surface area contributed by atoms with Crippen LogP contribution in [0, 0.1) is 0 Å². The third-order valence-corrected chi connectivity index (χ3v) is 8.68. The lowest BCUT2D eigenvalue weighted by Crippen LogP contribution is -2.36. The topological polar surface area (TPSA) is 137 Å². The Balaban J connectivity index is 1.17. The molecule has 0 amide bonds. The number of ether oxygens (including phenoxy) is 2. The average molecular weight is 579 g/mol. The molecule has 0 unspecified atom stereocenters. The molecule has 1 aliphatic carbocycles. The fraction of sp³-hybridized carbons (Fsp3) is 0.600. The van der Waals surface area contributed by atoms with Crippen molar-refractivity contribution in [1.29, 1.82) is 0 Å². The Morgan fingerprint density at radius 2 is 1.70 bits per heavy atom. The van der Waals surface area contributed by atoms with E-state index in [0.717, 1.165) is 63.5 Å². The van der Waals surface area contributed by atoms with E-state index in [1.54, 1.807) is 30.3 Å². The van der Waals surface area contributed by atoms with E-state index in [4.69, 9.17) is 9.47 Å². The third kappa shape index (κ3) is 11.4. The summed E-state index contributed by atoms with van der Waals surface area (Å²) in [6, 6.07) is 11.7. The molecule has 0 saturated heterocycles. The number of aromatic hydroxyl groups is 1. The van der Waals surface area contributed by atoms with Crippen LogP contribution in [0.1, 0.15) is 80.6 Å². The van der Waals surface area contributed by atoms with Crippen molar-refractivity contribution >= 4 is 10.0 Å². The zero-order chi connectivity index (χ0) is 28.6. The summed E-state index contributed by atoms with van der Waals surface area (Å²) < 4.78 is 39.7. The molecule has 1 aliphatic rings. The van der Waals surface area contributed by atoms with Gasteiger partial charge in [-0.3, -0.25) is 0 Å². The molecule has 0 aromatic heterocycles. The predicted molar refractivity (Wildman–Crippen MR) is 154 cm³/mol. The minimum atomic E-state index is -3.52. The molecule has 224 valence electrons. The molecule has 0 bridgehead atoms. The molecule has 1 atom stereocenters. The van der Waals surface area contributed by atoms with Gasteiger partial charge in [0.25, 0.3) is 0 Å². The second kappa shape index (κ2) is 17.7. The molecule has 1 saturated carbocycles. The summed E-state index contributed by atoms with van der Waals surface area (Å²) in [6.45, 7) is 2.90. The van der Waals surface area contributed by atoms with Crippen LogP contribution in [0.5, 0.6) is 5.75 Å². The van der Waals surface area contributed by atoms with Gasteiger partial charge in [-0.15, -0.1) is 0 Å². The Kier molecular flexibility index (Phi) is 14.4. The zero-order valence-corrected chi connectivity index (χ0v) is 24.2. The maximum atomic E-state index is 12.7. The Hall–Kier alpha value is -2.05. The van der Waals surface area contributed by atoms with E-state index in [-0.39, 0.29) is 23.3 Å². The highest BCUT2D eigenvalue weighted by atomic mass is 32.2. The van der Waals surface area contributed by atoms with Crippen molar-refractivity contribution < 1.29 is 33.2 Å². The van der Waals surface area contributed by atoms with E-state index >= 15 is 0 Å². The highest BCUT2D eigenvalue weighted by Gasteiger charge is 2.22. The lowest BCUT2D eigenvalue weighted by Gasteiger charge is -2.22. The molecule has 9 nitrogen and oxygen atoms in total. The van der Waals surface area contributed by atoms with Crippen LogP contribution >= 0.6 is 0 Å². The second-order valence-corrected chi connectivity index (χ2v) is 12.2. The first-order chi connectivity index (χ1) is 19.4. The van der Waals surface area contributed by atoms with E-state index in [1.165, 1.54) is 12.5 Å². The third-order valence-electron chi connectivity index (χ3n) is 7.17. The zero-order valence-electron chi connectivity index (χ0n) is 23.4. The van der Waals surface area contributed by atoms with Crippen LogP contribution in [0.3, 0.4) is 0 Å².